The molecule has 2 aromatic carbocycles. The maximum atomic E-state index is 11.9. The Bertz CT molecular complexity index is 1040. The van der Waals surface area contributed by atoms with E-state index in [1.54, 1.807) is 11.9 Å². The van der Waals surface area contributed by atoms with Crippen molar-refractivity contribution < 1.29 is 9.59 Å². The molecule has 0 bridgehead atoms. The van der Waals surface area contributed by atoms with Crippen LogP contribution in [0.3, 0.4) is 0 Å². The van der Waals surface area contributed by atoms with Gasteiger partial charge in [-0.05, 0) is 35.9 Å². The number of carbonyl (C=O) groups excluding carboxylic acids is 2. The molecule has 2 N–H and O–H groups in total. The van der Waals surface area contributed by atoms with Crippen molar-refractivity contribution in [3.63, 3.8) is 0 Å². The first-order chi connectivity index (χ1) is 13.0. The van der Waals surface area contributed by atoms with E-state index in [-0.39, 0.29) is 11.8 Å². The van der Waals surface area contributed by atoms with Crippen LogP contribution < -0.4 is 15.5 Å². The van der Waals surface area contributed by atoms with Crippen LogP contribution in [0.4, 0.5) is 22.2 Å². The summed E-state index contributed by atoms with van der Waals surface area (Å²) >= 11 is 1.51. The van der Waals surface area contributed by atoms with Gasteiger partial charge in [0.15, 0.2) is 5.13 Å². The number of benzene rings is 2. The van der Waals surface area contributed by atoms with Crippen LogP contribution in [0.25, 0.3) is 11.3 Å². The van der Waals surface area contributed by atoms with Crippen molar-refractivity contribution in [1.29, 1.82) is 0 Å². The van der Waals surface area contributed by atoms with Crippen LogP contribution >= 0.6 is 11.3 Å². The van der Waals surface area contributed by atoms with Crippen molar-refractivity contribution in [2.45, 2.75) is 13.3 Å². The number of thiazole rings is 1. The zero-order chi connectivity index (χ0) is 19.0. The van der Waals surface area contributed by atoms with Gasteiger partial charge in [-0.2, -0.15) is 0 Å². The van der Waals surface area contributed by atoms with E-state index in [1.165, 1.54) is 18.3 Å². The van der Waals surface area contributed by atoms with Gasteiger partial charge in [0.2, 0.25) is 11.8 Å². The summed E-state index contributed by atoms with van der Waals surface area (Å²) in [5.41, 5.74) is 5.44. The highest BCUT2D eigenvalue weighted by molar-refractivity contribution is 7.14. The Morgan fingerprint density at radius 3 is 2.81 bits per heavy atom. The molecule has 136 valence electrons. The maximum absolute atomic E-state index is 11.9. The standard InChI is InChI=1S/C20H18N4O2S/c1-12(25)21-15-4-3-5-16(10-15)22-20-23-17(11-27-20)13-6-7-18-14(8-13)9-19(26)24(18)2/h3-8,10-11H,9H2,1-2H3,(H,21,25)(H,22,23). The predicted octanol–water partition coefficient (Wildman–Crippen LogP) is 4.03. The Labute approximate surface area is 160 Å². The molecule has 2 amide bonds. The van der Waals surface area contributed by atoms with Gasteiger partial charge in [-0.25, -0.2) is 4.98 Å². The van der Waals surface area contributed by atoms with E-state index in [1.807, 2.05) is 47.8 Å². The van der Waals surface area contributed by atoms with Crippen molar-refractivity contribution in [3.8, 4) is 11.3 Å². The van der Waals surface area contributed by atoms with Gasteiger partial charge in [-0.3, -0.25) is 9.59 Å². The SMILES string of the molecule is CC(=O)Nc1cccc(Nc2nc(-c3ccc4c(c3)CC(=O)N4C)cs2)c1. The number of rotatable bonds is 4. The molecule has 7 heteroatoms. The largest absolute Gasteiger partial charge is 0.331 e. The van der Waals surface area contributed by atoms with Crippen LogP contribution in [0, 0.1) is 0 Å². The van der Waals surface area contributed by atoms with Crippen molar-refractivity contribution >= 4 is 45.3 Å². The Morgan fingerprint density at radius 1 is 1.19 bits per heavy atom. The summed E-state index contributed by atoms with van der Waals surface area (Å²) in [7, 11) is 1.80. The van der Waals surface area contributed by atoms with E-state index in [0.29, 0.717) is 6.42 Å². The molecule has 2 heterocycles. The van der Waals surface area contributed by atoms with Crippen LogP contribution in [0.5, 0.6) is 0 Å². The molecule has 0 unspecified atom stereocenters. The molecule has 0 atom stereocenters. The summed E-state index contributed by atoms with van der Waals surface area (Å²) in [4.78, 5) is 29.4. The first-order valence-electron chi connectivity index (χ1n) is 8.49. The van der Waals surface area contributed by atoms with E-state index >= 15 is 0 Å². The van der Waals surface area contributed by atoms with Crippen LogP contribution in [-0.4, -0.2) is 23.8 Å². The average Bonchev–Trinajstić information content (AvgIpc) is 3.19. The molecule has 1 aromatic heterocycles. The molecular weight excluding hydrogens is 360 g/mol. The number of carbonyl (C=O) groups is 2. The Morgan fingerprint density at radius 2 is 2.00 bits per heavy atom. The smallest absolute Gasteiger partial charge is 0.231 e. The van der Waals surface area contributed by atoms with Crippen molar-refractivity contribution in [2.75, 3.05) is 22.6 Å². The van der Waals surface area contributed by atoms with Crippen LogP contribution in [0.15, 0.2) is 47.8 Å². The summed E-state index contributed by atoms with van der Waals surface area (Å²) in [5.74, 6) is 0.00579. The second-order valence-corrected chi connectivity index (χ2v) is 7.26. The quantitative estimate of drug-likeness (QED) is 0.719. The molecule has 27 heavy (non-hydrogen) atoms. The third-order valence-corrected chi connectivity index (χ3v) is 5.15. The lowest BCUT2D eigenvalue weighted by Crippen LogP contribution is -2.20. The third kappa shape index (κ3) is 3.54. The molecule has 0 radical (unpaired) electrons. The van der Waals surface area contributed by atoms with Gasteiger partial charge in [-0.1, -0.05) is 12.1 Å². The second kappa shape index (κ2) is 6.85. The molecule has 0 aliphatic carbocycles. The van der Waals surface area contributed by atoms with Gasteiger partial charge in [0, 0.05) is 42.0 Å². The normalized spacial score (nSPS) is 12.8. The number of hydrogen-bond donors (Lipinski definition) is 2. The number of nitrogens with one attached hydrogen (secondary N) is 2. The number of aromatic nitrogens is 1. The lowest BCUT2D eigenvalue weighted by atomic mass is 10.1. The minimum absolute atomic E-state index is 0.107. The third-order valence-electron chi connectivity index (χ3n) is 4.39. The number of fused-ring (bicyclic) bond motifs is 1. The summed E-state index contributed by atoms with van der Waals surface area (Å²) in [6.07, 6.45) is 0.435. The van der Waals surface area contributed by atoms with Gasteiger partial charge in [0.25, 0.3) is 0 Å². The van der Waals surface area contributed by atoms with E-state index in [4.69, 9.17) is 0 Å². The molecule has 0 spiro atoms. The van der Waals surface area contributed by atoms with Crippen molar-refractivity contribution in [2.24, 2.45) is 0 Å². The number of likely N-dealkylation sites (N-methyl/N-ethyl adjacent to an activating group) is 1. The molecule has 3 aromatic rings. The van der Waals surface area contributed by atoms with Gasteiger partial charge < -0.3 is 15.5 Å². The van der Waals surface area contributed by atoms with Crippen LogP contribution in [0.1, 0.15) is 12.5 Å². The number of nitrogens with zero attached hydrogens (tertiary/aromatic N) is 2. The van der Waals surface area contributed by atoms with Crippen LogP contribution in [-0.2, 0) is 16.0 Å². The first kappa shape index (κ1) is 17.2. The second-order valence-electron chi connectivity index (χ2n) is 6.40. The number of anilines is 4. The Balaban J connectivity index is 1.54. The molecule has 1 aliphatic heterocycles. The molecule has 6 nitrogen and oxygen atoms in total. The fraction of sp³-hybridized carbons (Fsp3) is 0.150. The highest BCUT2D eigenvalue weighted by atomic mass is 32.1. The predicted molar refractivity (Wildman–Crippen MR) is 109 cm³/mol. The highest BCUT2D eigenvalue weighted by Gasteiger charge is 2.24. The molecule has 4 rings (SSSR count). The van der Waals surface area contributed by atoms with E-state index in [9.17, 15) is 9.59 Å². The molecule has 1 aliphatic rings. The minimum Gasteiger partial charge on any atom is -0.331 e. The molecule has 0 fully saturated rings. The molecule has 0 saturated carbocycles. The summed E-state index contributed by atoms with van der Waals surface area (Å²) in [6, 6.07) is 13.5. The van der Waals surface area contributed by atoms with Gasteiger partial charge in [0.1, 0.15) is 0 Å². The highest BCUT2D eigenvalue weighted by Crippen LogP contribution is 2.33. The zero-order valence-electron chi connectivity index (χ0n) is 14.9. The fourth-order valence-corrected chi connectivity index (χ4v) is 3.83. The Hall–Kier alpha value is -3.19. The Kier molecular flexibility index (Phi) is 4.37. The number of amides is 2. The lowest BCUT2D eigenvalue weighted by molar-refractivity contribution is -0.117. The molecule has 0 saturated heterocycles. The van der Waals surface area contributed by atoms with Gasteiger partial charge in [-0.15, -0.1) is 11.3 Å². The first-order valence-corrected chi connectivity index (χ1v) is 9.37. The monoisotopic (exact) mass is 378 g/mol. The van der Waals surface area contributed by atoms with E-state index in [2.05, 4.69) is 15.6 Å². The van der Waals surface area contributed by atoms with E-state index in [0.717, 1.165) is 39.0 Å². The minimum atomic E-state index is -0.107. The van der Waals surface area contributed by atoms with Crippen molar-refractivity contribution in [1.82, 2.24) is 4.98 Å². The van der Waals surface area contributed by atoms with Crippen LogP contribution in [0.2, 0.25) is 0 Å². The summed E-state index contributed by atoms with van der Waals surface area (Å²) in [5, 5.41) is 8.78. The maximum Gasteiger partial charge on any atom is 0.231 e. The van der Waals surface area contributed by atoms with E-state index < -0.39 is 0 Å². The fourth-order valence-electron chi connectivity index (χ4n) is 3.09. The summed E-state index contributed by atoms with van der Waals surface area (Å²) < 4.78 is 0. The average molecular weight is 378 g/mol. The van der Waals surface area contributed by atoms with Gasteiger partial charge >= 0.3 is 0 Å². The lowest BCUT2D eigenvalue weighted by Gasteiger charge is -2.10. The molecular formula is C20H18N4O2S. The van der Waals surface area contributed by atoms with Gasteiger partial charge in [0.05, 0.1) is 12.1 Å². The summed E-state index contributed by atoms with van der Waals surface area (Å²) in [6.45, 7) is 1.48. The number of hydrogen-bond acceptors (Lipinski definition) is 5. The van der Waals surface area contributed by atoms with Crippen molar-refractivity contribution in [3.05, 3.63) is 53.4 Å². The topological polar surface area (TPSA) is 74.3 Å². The zero-order valence-corrected chi connectivity index (χ0v) is 15.8.